The van der Waals surface area contributed by atoms with Crippen molar-refractivity contribution < 1.29 is 13.7 Å². The highest BCUT2D eigenvalue weighted by molar-refractivity contribution is 7.99. The van der Waals surface area contributed by atoms with Crippen LogP contribution in [0.5, 0.6) is 5.75 Å². The van der Waals surface area contributed by atoms with Crippen LogP contribution in [0.2, 0.25) is 0 Å². The minimum Gasteiger partial charge on any atom is -0.484 e. The summed E-state index contributed by atoms with van der Waals surface area (Å²) in [4.78, 5) is 4.45. The van der Waals surface area contributed by atoms with Crippen molar-refractivity contribution in [2.45, 2.75) is 49.7 Å². The van der Waals surface area contributed by atoms with Crippen molar-refractivity contribution in [1.82, 2.24) is 20.3 Å². The van der Waals surface area contributed by atoms with Gasteiger partial charge < -0.3 is 13.7 Å². The summed E-state index contributed by atoms with van der Waals surface area (Å²) in [5, 5.41) is 12.5. The molecule has 130 valence electrons. The molecule has 0 saturated heterocycles. The monoisotopic (exact) mass is 358 g/mol. The first-order valence-electron chi connectivity index (χ1n) is 8.19. The van der Waals surface area contributed by atoms with Gasteiger partial charge in [0.25, 0.3) is 11.1 Å². The quantitative estimate of drug-likeness (QED) is 0.584. The Balaban J connectivity index is 1.34. The van der Waals surface area contributed by atoms with Crippen molar-refractivity contribution in [2.24, 2.45) is 0 Å². The average Bonchev–Trinajstić information content (AvgIpc) is 3.16. The molecule has 1 aliphatic carbocycles. The lowest BCUT2D eigenvalue weighted by Gasteiger charge is -2.03. The first-order valence-corrected chi connectivity index (χ1v) is 9.07. The third kappa shape index (κ3) is 4.01. The zero-order chi connectivity index (χ0) is 17.2. The molecule has 25 heavy (non-hydrogen) atoms. The molecule has 0 aliphatic heterocycles. The van der Waals surface area contributed by atoms with E-state index in [9.17, 15) is 0 Å². The fraction of sp³-hybridized carbons (Fsp3) is 0.412. The van der Waals surface area contributed by atoms with Gasteiger partial charge in [0.2, 0.25) is 5.89 Å². The Kier molecular flexibility index (Phi) is 4.44. The van der Waals surface area contributed by atoms with Gasteiger partial charge in [-0.05, 0) is 44.4 Å². The molecule has 0 amide bonds. The predicted molar refractivity (Wildman–Crippen MR) is 90.4 cm³/mol. The van der Waals surface area contributed by atoms with Crippen LogP contribution >= 0.6 is 11.8 Å². The first-order chi connectivity index (χ1) is 12.2. The number of thioether (sulfide) groups is 1. The fourth-order valence-corrected chi connectivity index (χ4v) is 3.05. The molecule has 0 bridgehead atoms. The first kappa shape index (κ1) is 16.1. The molecule has 2 heterocycles. The lowest BCUT2D eigenvalue weighted by molar-refractivity contribution is 0.252. The summed E-state index contributed by atoms with van der Waals surface area (Å²) in [7, 11) is 0. The third-order valence-electron chi connectivity index (χ3n) is 3.83. The van der Waals surface area contributed by atoms with E-state index >= 15 is 0 Å². The van der Waals surface area contributed by atoms with Crippen LogP contribution in [-0.4, -0.2) is 20.3 Å². The molecule has 1 aromatic carbocycles. The summed E-state index contributed by atoms with van der Waals surface area (Å²) in [6.45, 7) is 4.22. The second-order valence-electron chi connectivity index (χ2n) is 6.09. The maximum Gasteiger partial charge on any atom is 0.277 e. The van der Waals surface area contributed by atoms with Gasteiger partial charge in [-0.3, -0.25) is 0 Å². The molecule has 1 aliphatic rings. The number of nitrogens with zero attached hydrogens (tertiary/aromatic N) is 4. The molecule has 0 N–H and O–H groups in total. The number of aryl methyl sites for hydroxylation is 1. The van der Waals surface area contributed by atoms with E-state index < -0.39 is 0 Å². The van der Waals surface area contributed by atoms with Crippen LogP contribution in [0.4, 0.5) is 0 Å². The molecule has 7 nitrogen and oxygen atoms in total. The SMILES string of the molecule is Cc1cccc(OCc2nnc(SC(C)c3nc(C4CC4)no3)o2)c1. The highest BCUT2D eigenvalue weighted by Crippen LogP contribution is 2.40. The molecule has 0 spiro atoms. The molecule has 4 rings (SSSR count). The van der Waals surface area contributed by atoms with Gasteiger partial charge in [0, 0.05) is 5.92 Å². The molecule has 2 aromatic heterocycles. The maximum absolute atomic E-state index is 5.67. The van der Waals surface area contributed by atoms with E-state index in [1.54, 1.807) is 0 Å². The van der Waals surface area contributed by atoms with E-state index in [-0.39, 0.29) is 11.9 Å². The Morgan fingerprint density at radius 3 is 3.00 bits per heavy atom. The minimum absolute atomic E-state index is 0.0500. The summed E-state index contributed by atoms with van der Waals surface area (Å²) in [5.41, 5.74) is 1.14. The Morgan fingerprint density at radius 1 is 1.32 bits per heavy atom. The summed E-state index contributed by atoms with van der Waals surface area (Å²) in [6, 6.07) is 7.82. The molecule has 0 radical (unpaired) electrons. The minimum atomic E-state index is -0.0500. The molecule has 3 aromatic rings. The smallest absolute Gasteiger partial charge is 0.277 e. The largest absolute Gasteiger partial charge is 0.484 e. The molecule has 1 fully saturated rings. The van der Waals surface area contributed by atoms with E-state index in [0.29, 0.717) is 22.9 Å². The zero-order valence-electron chi connectivity index (χ0n) is 14.0. The highest BCUT2D eigenvalue weighted by Gasteiger charge is 2.30. The topological polar surface area (TPSA) is 87.1 Å². The molecule has 1 atom stereocenters. The molecular weight excluding hydrogens is 340 g/mol. The highest BCUT2D eigenvalue weighted by atomic mass is 32.2. The number of hydrogen-bond acceptors (Lipinski definition) is 8. The van der Waals surface area contributed by atoms with Crippen molar-refractivity contribution in [3.05, 3.63) is 47.4 Å². The van der Waals surface area contributed by atoms with Gasteiger partial charge in [-0.25, -0.2) is 0 Å². The van der Waals surface area contributed by atoms with Crippen molar-refractivity contribution in [2.75, 3.05) is 0 Å². The number of ether oxygens (including phenoxy) is 1. The lowest BCUT2D eigenvalue weighted by atomic mass is 10.2. The maximum atomic E-state index is 5.67. The number of benzene rings is 1. The Hall–Kier alpha value is -2.35. The molecular formula is C17H18N4O3S. The van der Waals surface area contributed by atoms with Crippen LogP contribution < -0.4 is 4.74 Å². The van der Waals surface area contributed by atoms with Crippen molar-refractivity contribution in [1.29, 1.82) is 0 Å². The Labute approximate surface area is 149 Å². The van der Waals surface area contributed by atoms with Crippen molar-refractivity contribution in [3.63, 3.8) is 0 Å². The van der Waals surface area contributed by atoms with Gasteiger partial charge in [0.15, 0.2) is 12.4 Å². The summed E-state index contributed by atoms with van der Waals surface area (Å²) >= 11 is 1.39. The molecule has 1 unspecified atom stereocenters. The standard InChI is InChI=1S/C17H18N4O3S/c1-10-4-3-5-13(8-10)22-9-14-19-20-17(23-14)25-11(2)16-18-15(21-24-16)12-6-7-12/h3-5,8,11-12H,6-7,9H2,1-2H3. The van der Waals surface area contributed by atoms with Gasteiger partial charge in [0.05, 0.1) is 5.25 Å². The average molecular weight is 358 g/mol. The number of rotatable bonds is 7. The normalized spacial score (nSPS) is 15.3. The second-order valence-corrected chi connectivity index (χ2v) is 7.38. The predicted octanol–water partition coefficient (Wildman–Crippen LogP) is 4.07. The van der Waals surface area contributed by atoms with Crippen LogP contribution in [0.15, 0.2) is 38.4 Å². The van der Waals surface area contributed by atoms with Crippen LogP contribution in [-0.2, 0) is 6.61 Å². The third-order valence-corrected chi connectivity index (χ3v) is 4.75. The van der Waals surface area contributed by atoms with E-state index in [1.165, 1.54) is 11.8 Å². The van der Waals surface area contributed by atoms with Crippen LogP contribution in [0.1, 0.15) is 54.1 Å². The van der Waals surface area contributed by atoms with E-state index in [0.717, 1.165) is 30.0 Å². The van der Waals surface area contributed by atoms with Gasteiger partial charge in [-0.2, -0.15) is 4.98 Å². The Bertz CT molecular complexity index is 859. The molecule has 8 heteroatoms. The Morgan fingerprint density at radius 2 is 2.20 bits per heavy atom. The summed E-state index contributed by atoms with van der Waals surface area (Å²) in [5.74, 6) is 3.08. The van der Waals surface area contributed by atoms with Crippen LogP contribution in [0.3, 0.4) is 0 Å². The van der Waals surface area contributed by atoms with Crippen molar-refractivity contribution >= 4 is 11.8 Å². The summed E-state index contributed by atoms with van der Waals surface area (Å²) in [6.07, 6.45) is 2.29. The van der Waals surface area contributed by atoms with E-state index in [2.05, 4.69) is 20.3 Å². The van der Waals surface area contributed by atoms with Gasteiger partial charge in [-0.15, -0.1) is 10.2 Å². The van der Waals surface area contributed by atoms with Crippen LogP contribution in [0.25, 0.3) is 0 Å². The number of aromatic nitrogens is 4. The van der Waals surface area contributed by atoms with Gasteiger partial charge in [0.1, 0.15) is 5.75 Å². The van der Waals surface area contributed by atoms with Crippen molar-refractivity contribution in [3.8, 4) is 5.75 Å². The van der Waals surface area contributed by atoms with Gasteiger partial charge >= 0.3 is 0 Å². The lowest BCUT2D eigenvalue weighted by Crippen LogP contribution is -1.95. The molecule has 1 saturated carbocycles. The van der Waals surface area contributed by atoms with E-state index in [1.807, 2.05) is 38.1 Å². The summed E-state index contributed by atoms with van der Waals surface area (Å²) < 4.78 is 16.6. The fourth-order valence-electron chi connectivity index (χ4n) is 2.32. The second kappa shape index (κ2) is 6.87. The zero-order valence-corrected chi connectivity index (χ0v) is 14.8. The van der Waals surface area contributed by atoms with Gasteiger partial charge in [-0.1, -0.05) is 29.1 Å². The van der Waals surface area contributed by atoms with E-state index in [4.69, 9.17) is 13.7 Å². The number of hydrogen-bond donors (Lipinski definition) is 0. The van der Waals surface area contributed by atoms with Crippen LogP contribution in [0, 0.1) is 6.92 Å².